The van der Waals surface area contributed by atoms with Crippen molar-refractivity contribution in [1.29, 1.82) is 0 Å². The third kappa shape index (κ3) is 2.69. The van der Waals surface area contributed by atoms with Crippen LogP contribution < -0.4 is 9.50 Å². The van der Waals surface area contributed by atoms with Crippen molar-refractivity contribution in [3.63, 3.8) is 0 Å². The van der Waals surface area contributed by atoms with E-state index < -0.39 is 15.6 Å². The molecule has 2 rings (SSSR count). The first-order valence-corrected chi connectivity index (χ1v) is 6.96. The number of rotatable bonds is 2. The molecule has 0 bridgehead atoms. The minimum Gasteiger partial charge on any atom is -0.376 e. The Morgan fingerprint density at radius 1 is 1.26 bits per heavy atom. The van der Waals surface area contributed by atoms with Gasteiger partial charge in [0.2, 0.25) is 0 Å². The first kappa shape index (κ1) is 14.1. The van der Waals surface area contributed by atoms with Crippen molar-refractivity contribution in [2.45, 2.75) is 25.4 Å². The molecule has 0 atom stereocenters. The van der Waals surface area contributed by atoms with E-state index in [0.717, 1.165) is 11.1 Å². The van der Waals surface area contributed by atoms with Crippen LogP contribution in [0.4, 0.5) is 13.2 Å². The van der Waals surface area contributed by atoms with Crippen molar-refractivity contribution in [1.82, 2.24) is 5.32 Å². The molecule has 0 amide bonds. The summed E-state index contributed by atoms with van der Waals surface area (Å²) in [7, 11) is -5.62. The number of alkyl halides is 3. The van der Waals surface area contributed by atoms with E-state index in [1.54, 1.807) is 6.07 Å². The molecule has 0 radical (unpaired) electrons. The minimum absolute atomic E-state index is 0.259. The molecule has 1 N–H and O–H groups in total. The predicted octanol–water partition coefficient (Wildman–Crippen LogP) is 1.87. The maximum absolute atomic E-state index is 12.3. The maximum Gasteiger partial charge on any atom is 0.534 e. The normalized spacial score (nSPS) is 16.0. The predicted molar refractivity (Wildman–Crippen MR) is 62.2 cm³/mol. The van der Waals surface area contributed by atoms with Crippen molar-refractivity contribution >= 4 is 10.1 Å². The Labute approximate surface area is 108 Å². The number of aryl methyl sites for hydroxylation is 1. The van der Waals surface area contributed by atoms with Crippen LogP contribution in [-0.2, 0) is 23.1 Å². The van der Waals surface area contributed by atoms with E-state index >= 15 is 0 Å². The zero-order chi connectivity index (χ0) is 14.3. The van der Waals surface area contributed by atoms with Crippen LogP contribution in [0.3, 0.4) is 0 Å². The summed E-state index contributed by atoms with van der Waals surface area (Å²) in [6.45, 7) is 2.81. The summed E-state index contributed by atoms with van der Waals surface area (Å²) < 4.78 is 63.2. The average molecular weight is 295 g/mol. The smallest absolute Gasteiger partial charge is 0.376 e. The van der Waals surface area contributed by atoms with Crippen LogP contribution in [0.15, 0.2) is 12.1 Å². The molecule has 0 unspecified atom stereocenters. The molecule has 0 saturated carbocycles. The third-order valence-electron chi connectivity index (χ3n) is 2.96. The molecule has 1 aromatic rings. The fourth-order valence-electron chi connectivity index (χ4n) is 2.00. The molecule has 1 aromatic carbocycles. The fraction of sp³-hybridized carbons (Fsp3) is 0.455. The van der Waals surface area contributed by atoms with Crippen molar-refractivity contribution in [3.8, 4) is 5.75 Å². The number of fused-ring (bicyclic) bond motifs is 1. The largest absolute Gasteiger partial charge is 0.534 e. The Kier molecular flexibility index (Phi) is 3.48. The van der Waals surface area contributed by atoms with E-state index in [1.807, 2.05) is 6.92 Å². The van der Waals surface area contributed by atoms with Gasteiger partial charge in [-0.05, 0) is 37.1 Å². The van der Waals surface area contributed by atoms with E-state index in [4.69, 9.17) is 0 Å². The van der Waals surface area contributed by atoms with Crippen molar-refractivity contribution in [2.24, 2.45) is 0 Å². The highest BCUT2D eigenvalue weighted by molar-refractivity contribution is 7.88. The minimum atomic E-state index is -5.62. The van der Waals surface area contributed by atoms with Gasteiger partial charge in [-0.2, -0.15) is 21.6 Å². The molecule has 0 spiro atoms. The second-order valence-corrected chi connectivity index (χ2v) is 5.79. The highest BCUT2D eigenvalue weighted by atomic mass is 32.2. The van der Waals surface area contributed by atoms with Crippen LogP contribution >= 0.6 is 0 Å². The number of hydrogen-bond acceptors (Lipinski definition) is 4. The van der Waals surface area contributed by atoms with Crippen LogP contribution in [0.25, 0.3) is 0 Å². The van der Waals surface area contributed by atoms with Gasteiger partial charge in [-0.15, -0.1) is 0 Å². The summed E-state index contributed by atoms with van der Waals surface area (Å²) in [6.07, 6.45) is 0.629. The highest BCUT2D eigenvalue weighted by Crippen LogP contribution is 2.32. The summed E-state index contributed by atoms with van der Waals surface area (Å²) >= 11 is 0. The van der Waals surface area contributed by atoms with Crippen LogP contribution in [-0.4, -0.2) is 20.5 Å². The molecule has 0 aromatic heterocycles. The third-order valence-corrected chi connectivity index (χ3v) is 3.92. The lowest BCUT2D eigenvalue weighted by atomic mass is 9.95. The lowest BCUT2D eigenvalue weighted by Gasteiger charge is -2.22. The maximum atomic E-state index is 12.3. The monoisotopic (exact) mass is 295 g/mol. The van der Waals surface area contributed by atoms with Crippen molar-refractivity contribution in [2.75, 3.05) is 6.54 Å². The fourth-order valence-corrected chi connectivity index (χ4v) is 2.49. The lowest BCUT2D eigenvalue weighted by molar-refractivity contribution is -0.0500. The first-order chi connectivity index (χ1) is 8.72. The van der Waals surface area contributed by atoms with Gasteiger partial charge in [0, 0.05) is 12.1 Å². The Hall–Kier alpha value is -1.28. The number of benzene rings is 1. The van der Waals surface area contributed by atoms with E-state index in [-0.39, 0.29) is 5.75 Å². The van der Waals surface area contributed by atoms with Gasteiger partial charge in [0.05, 0.1) is 0 Å². The SMILES string of the molecule is Cc1ccc(OS(=O)(=O)C(F)(F)F)c2c1CCNC2. The molecule has 0 saturated heterocycles. The van der Waals surface area contributed by atoms with Crippen LogP contribution in [0, 0.1) is 6.92 Å². The molecule has 19 heavy (non-hydrogen) atoms. The Morgan fingerprint density at radius 3 is 2.58 bits per heavy atom. The molecule has 1 heterocycles. The van der Waals surface area contributed by atoms with Gasteiger partial charge >= 0.3 is 15.6 Å². The highest BCUT2D eigenvalue weighted by Gasteiger charge is 2.48. The zero-order valence-electron chi connectivity index (χ0n) is 10.0. The standard InChI is InChI=1S/C11H12F3NO3S/c1-7-2-3-10(9-6-15-5-4-8(7)9)18-19(16,17)11(12,13)14/h2-3,15H,4-6H2,1H3. The Morgan fingerprint density at radius 2 is 1.95 bits per heavy atom. The average Bonchev–Trinajstić information content (AvgIpc) is 2.32. The molecule has 4 nitrogen and oxygen atoms in total. The molecule has 0 aliphatic carbocycles. The summed E-state index contributed by atoms with van der Waals surface area (Å²) in [6, 6.07) is 2.82. The molecule has 0 fully saturated rings. The number of halogens is 3. The molecular formula is C11H12F3NO3S. The summed E-state index contributed by atoms with van der Waals surface area (Å²) in [5.41, 5.74) is -3.20. The van der Waals surface area contributed by atoms with Gasteiger partial charge in [-0.3, -0.25) is 0 Å². The van der Waals surface area contributed by atoms with Gasteiger partial charge in [0.25, 0.3) is 0 Å². The van der Waals surface area contributed by atoms with Gasteiger partial charge in [-0.1, -0.05) is 6.07 Å². The first-order valence-electron chi connectivity index (χ1n) is 5.55. The van der Waals surface area contributed by atoms with Crippen molar-refractivity contribution < 1.29 is 25.8 Å². The zero-order valence-corrected chi connectivity index (χ0v) is 10.9. The van der Waals surface area contributed by atoms with Crippen molar-refractivity contribution in [3.05, 3.63) is 28.8 Å². The summed E-state index contributed by atoms with van der Waals surface area (Å²) in [5, 5.41) is 2.98. The summed E-state index contributed by atoms with van der Waals surface area (Å²) in [5.74, 6) is -0.259. The molecule has 1 aliphatic heterocycles. The van der Waals surface area contributed by atoms with Crippen LogP contribution in [0.2, 0.25) is 0 Å². The van der Waals surface area contributed by atoms with Gasteiger partial charge in [0.1, 0.15) is 5.75 Å². The lowest BCUT2D eigenvalue weighted by Crippen LogP contribution is -2.30. The molecular weight excluding hydrogens is 283 g/mol. The summed E-state index contributed by atoms with van der Waals surface area (Å²) in [4.78, 5) is 0. The van der Waals surface area contributed by atoms with E-state index in [0.29, 0.717) is 25.1 Å². The molecule has 1 aliphatic rings. The van der Waals surface area contributed by atoms with E-state index in [9.17, 15) is 21.6 Å². The molecule has 8 heteroatoms. The number of nitrogens with one attached hydrogen (secondary N) is 1. The van der Waals surface area contributed by atoms with Gasteiger partial charge in [0.15, 0.2) is 0 Å². The van der Waals surface area contributed by atoms with Gasteiger partial charge < -0.3 is 9.50 Å². The second-order valence-electron chi connectivity index (χ2n) is 4.25. The van der Waals surface area contributed by atoms with Crippen LogP contribution in [0.1, 0.15) is 16.7 Å². The topological polar surface area (TPSA) is 55.4 Å². The van der Waals surface area contributed by atoms with E-state index in [2.05, 4.69) is 9.50 Å². The Balaban J connectivity index is 2.43. The molecule has 106 valence electrons. The van der Waals surface area contributed by atoms with E-state index in [1.165, 1.54) is 6.07 Å². The number of hydrogen-bond donors (Lipinski definition) is 1. The van der Waals surface area contributed by atoms with Crippen LogP contribution in [0.5, 0.6) is 5.75 Å². The second kappa shape index (κ2) is 4.68. The Bertz CT molecular complexity index is 596. The van der Waals surface area contributed by atoms with Gasteiger partial charge in [-0.25, -0.2) is 0 Å². The quantitative estimate of drug-likeness (QED) is 0.668.